The molecule has 0 bridgehead atoms. The Morgan fingerprint density at radius 1 is 0.857 bits per heavy atom. The minimum Gasteiger partial charge on any atom is -0.427 e. The second-order valence-electron chi connectivity index (χ2n) is 6.35. The molecule has 0 unspecified atom stereocenters. The highest BCUT2D eigenvalue weighted by molar-refractivity contribution is 5.90. The summed E-state index contributed by atoms with van der Waals surface area (Å²) in [5.41, 5.74) is 2.85. The molecular weight excluding hydrogens is 350 g/mol. The number of aromatic nitrogens is 2. The monoisotopic (exact) mass is 369 g/mol. The Morgan fingerprint density at radius 2 is 1.61 bits per heavy atom. The van der Waals surface area contributed by atoms with E-state index in [1.54, 1.807) is 12.1 Å². The van der Waals surface area contributed by atoms with Gasteiger partial charge in [-0.3, -0.25) is 4.79 Å². The van der Waals surface area contributed by atoms with Crippen LogP contribution >= 0.6 is 0 Å². The number of rotatable bonds is 6. The first-order chi connectivity index (χ1) is 13.8. The van der Waals surface area contributed by atoms with Crippen molar-refractivity contribution in [3.05, 3.63) is 90.8 Å². The minimum atomic E-state index is -0.244. The molecule has 4 rings (SSSR count). The zero-order valence-corrected chi connectivity index (χ0v) is 15.2. The van der Waals surface area contributed by atoms with E-state index in [4.69, 9.17) is 4.74 Å². The van der Waals surface area contributed by atoms with Gasteiger partial charge in [0.1, 0.15) is 17.9 Å². The summed E-state index contributed by atoms with van der Waals surface area (Å²) < 4.78 is 5.42. The molecule has 0 saturated heterocycles. The van der Waals surface area contributed by atoms with Crippen LogP contribution in [0, 0.1) is 0 Å². The van der Waals surface area contributed by atoms with Gasteiger partial charge in [-0.1, -0.05) is 42.5 Å². The second kappa shape index (κ2) is 8.31. The molecule has 0 spiro atoms. The number of aryl methyl sites for hydroxylation is 1. The van der Waals surface area contributed by atoms with Crippen LogP contribution in [0.4, 0.5) is 11.5 Å². The molecule has 1 N–H and O–H groups in total. The Balaban J connectivity index is 1.37. The first-order valence-electron chi connectivity index (χ1n) is 9.09. The van der Waals surface area contributed by atoms with E-state index in [2.05, 4.69) is 15.3 Å². The van der Waals surface area contributed by atoms with Gasteiger partial charge in [0, 0.05) is 17.5 Å². The van der Waals surface area contributed by atoms with Crippen molar-refractivity contribution in [3.8, 4) is 5.75 Å². The van der Waals surface area contributed by atoms with Crippen LogP contribution in [0.1, 0.15) is 12.0 Å². The van der Waals surface area contributed by atoms with Crippen molar-refractivity contribution < 1.29 is 9.53 Å². The number of carbonyl (C=O) groups excluding carboxylic acids is 1. The summed E-state index contributed by atoms with van der Waals surface area (Å²) in [4.78, 5) is 20.6. The average Bonchev–Trinajstić information content (AvgIpc) is 2.75. The molecule has 5 heteroatoms. The summed E-state index contributed by atoms with van der Waals surface area (Å²) in [6.45, 7) is 0. The van der Waals surface area contributed by atoms with Crippen molar-refractivity contribution in [3.63, 3.8) is 0 Å². The average molecular weight is 369 g/mol. The third-order valence-corrected chi connectivity index (χ3v) is 4.35. The predicted octanol–water partition coefficient (Wildman–Crippen LogP) is 4.91. The van der Waals surface area contributed by atoms with E-state index in [1.807, 2.05) is 66.7 Å². The molecule has 0 aliphatic rings. The van der Waals surface area contributed by atoms with Gasteiger partial charge in [-0.25, -0.2) is 9.97 Å². The summed E-state index contributed by atoms with van der Waals surface area (Å²) in [5.74, 6) is 1.01. The standard InChI is InChI=1S/C23H19N3O2/c27-22(15-10-17-6-2-1-3-7-17)28-19-13-11-18(12-14-19)26-23-20-8-4-5-9-21(20)24-16-25-23/h1-9,11-14,16H,10,15H2,(H,24,25,26). The highest BCUT2D eigenvalue weighted by Crippen LogP contribution is 2.24. The van der Waals surface area contributed by atoms with Crippen molar-refractivity contribution in [1.82, 2.24) is 9.97 Å². The van der Waals surface area contributed by atoms with E-state index in [9.17, 15) is 4.79 Å². The van der Waals surface area contributed by atoms with Gasteiger partial charge in [-0.2, -0.15) is 0 Å². The molecule has 0 aliphatic carbocycles. The van der Waals surface area contributed by atoms with E-state index in [0.29, 0.717) is 18.6 Å². The topological polar surface area (TPSA) is 64.1 Å². The first-order valence-corrected chi connectivity index (χ1v) is 9.09. The number of carbonyl (C=O) groups is 1. The van der Waals surface area contributed by atoms with E-state index in [1.165, 1.54) is 6.33 Å². The van der Waals surface area contributed by atoms with Gasteiger partial charge >= 0.3 is 5.97 Å². The molecule has 4 aromatic rings. The molecule has 1 aromatic heterocycles. The summed E-state index contributed by atoms with van der Waals surface area (Å²) in [6, 6.07) is 25.0. The van der Waals surface area contributed by atoms with Crippen molar-refractivity contribution in [2.24, 2.45) is 0 Å². The summed E-state index contributed by atoms with van der Waals surface area (Å²) >= 11 is 0. The molecule has 0 saturated carbocycles. The largest absolute Gasteiger partial charge is 0.427 e. The molecule has 0 atom stereocenters. The van der Waals surface area contributed by atoms with E-state index in [0.717, 1.165) is 28.0 Å². The van der Waals surface area contributed by atoms with Crippen molar-refractivity contribution in [2.45, 2.75) is 12.8 Å². The molecule has 5 nitrogen and oxygen atoms in total. The van der Waals surface area contributed by atoms with Crippen LogP contribution < -0.4 is 10.1 Å². The molecule has 3 aromatic carbocycles. The lowest BCUT2D eigenvalue weighted by Crippen LogP contribution is -2.09. The summed E-state index contributed by atoms with van der Waals surface area (Å²) in [5, 5.41) is 4.23. The predicted molar refractivity (Wildman–Crippen MR) is 110 cm³/mol. The molecule has 0 amide bonds. The van der Waals surface area contributed by atoms with Gasteiger partial charge in [0.05, 0.1) is 5.52 Å². The molecule has 138 valence electrons. The van der Waals surface area contributed by atoms with Gasteiger partial charge in [-0.05, 0) is 48.4 Å². The molecule has 0 radical (unpaired) electrons. The minimum absolute atomic E-state index is 0.244. The fourth-order valence-electron chi connectivity index (χ4n) is 2.92. The normalized spacial score (nSPS) is 10.6. The van der Waals surface area contributed by atoms with Crippen molar-refractivity contribution in [2.75, 3.05) is 5.32 Å². The van der Waals surface area contributed by atoms with Crippen LogP contribution in [0.3, 0.4) is 0 Å². The number of anilines is 2. The molecular formula is C23H19N3O2. The van der Waals surface area contributed by atoms with Gasteiger partial charge in [0.25, 0.3) is 0 Å². The highest BCUT2D eigenvalue weighted by Gasteiger charge is 2.07. The molecule has 28 heavy (non-hydrogen) atoms. The lowest BCUT2D eigenvalue weighted by molar-refractivity contribution is -0.134. The van der Waals surface area contributed by atoms with Crippen LogP contribution in [0.5, 0.6) is 5.75 Å². The maximum atomic E-state index is 12.1. The van der Waals surface area contributed by atoms with Crippen LogP contribution in [0.2, 0.25) is 0 Å². The van der Waals surface area contributed by atoms with Crippen molar-refractivity contribution >= 4 is 28.4 Å². The van der Waals surface area contributed by atoms with E-state index < -0.39 is 0 Å². The zero-order valence-electron chi connectivity index (χ0n) is 15.2. The lowest BCUT2D eigenvalue weighted by atomic mass is 10.1. The van der Waals surface area contributed by atoms with Crippen LogP contribution in [-0.2, 0) is 11.2 Å². The number of hydrogen-bond donors (Lipinski definition) is 1. The number of hydrogen-bond acceptors (Lipinski definition) is 5. The van der Waals surface area contributed by atoms with Gasteiger partial charge in [-0.15, -0.1) is 0 Å². The van der Waals surface area contributed by atoms with Gasteiger partial charge in [0.15, 0.2) is 0 Å². The third-order valence-electron chi connectivity index (χ3n) is 4.35. The van der Waals surface area contributed by atoms with Crippen LogP contribution in [0.15, 0.2) is 85.2 Å². The Kier molecular flexibility index (Phi) is 5.24. The summed E-state index contributed by atoms with van der Waals surface area (Å²) in [7, 11) is 0. The summed E-state index contributed by atoms with van der Waals surface area (Å²) in [6.07, 6.45) is 2.55. The SMILES string of the molecule is O=C(CCc1ccccc1)Oc1ccc(Nc2ncnc3ccccc23)cc1. The highest BCUT2D eigenvalue weighted by atomic mass is 16.5. The number of esters is 1. The fourth-order valence-corrected chi connectivity index (χ4v) is 2.92. The molecule has 0 fully saturated rings. The van der Waals surface area contributed by atoms with E-state index in [-0.39, 0.29) is 5.97 Å². The smallest absolute Gasteiger partial charge is 0.311 e. The first kappa shape index (κ1) is 17.7. The number of benzene rings is 3. The van der Waals surface area contributed by atoms with Crippen molar-refractivity contribution in [1.29, 1.82) is 0 Å². The van der Waals surface area contributed by atoms with Crippen LogP contribution in [-0.4, -0.2) is 15.9 Å². The van der Waals surface area contributed by atoms with E-state index >= 15 is 0 Å². The van der Waals surface area contributed by atoms with Gasteiger partial charge < -0.3 is 10.1 Å². The third kappa shape index (κ3) is 4.32. The Morgan fingerprint density at radius 3 is 2.43 bits per heavy atom. The zero-order chi connectivity index (χ0) is 19.2. The van der Waals surface area contributed by atoms with Crippen LogP contribution in [0.25, 0.3) is 10.9 Å². The Labute approximate surface area is 163 Å². The molecule has 0 aliphatic heterocycles. The maximum Gasteiger partial charge on any atom is 0.311 e. The fraction of sp³-hybridized carbons (Fsp3) is 0.0870. The quantitative estimate of drug-likeness (QED) is 0.386. The number of para-hydroxylation sites is 1. The maximum absolute atomic E-state index is 12.1. The number of ether oxygens (including phenoxy) is 1. The Hall–Kier alpha value is -3.73. The number of nitrogens with zero attached hydrogens (tertiary/aromatic N) is 2. The molecule has 1 heterocycles. The van der Waals surface area contributed by atoms with Gasteiger partial charge in [0.2, 0.25) is 0 Å². The lowest BCUT2D eigenvalue weighted by Gasteiger charge is -2.09. The second-order valence-corrected chi connectivity index (χ2v) is 6.35. The Bertz CT molecular complexity index is 1070. The number of fused-ring (bicyclic) bond motifs is 1. The number of nitrogens with one attached hydrogen (secondary N) is 1.